The van der Waals surface area contributed by atoms with Gasteiger partial charge in [0.05, 0.1) is 30.5 Å². The number of thiazole rings is 1. The van der Waals surface area contributed by atoms with Crippen molar-refractivity contribution in [3.63, 3.8) is 0 Å². The number of carbonyl (C=O) groups is 1. The molecule has 1 aliphatic rings. The Morgan fingerprint density at radius 2 is 1.59 bits per heavy atom. The molecule has 3 aromatic carbocycles. The summed E-state index contributed by atoms with van der Waals surface area (Å²) in [6.07, 6.45) is 0. The van der Waals surface area contributed by atoms with Crippen LogP contribution in [-0.4, -0.2) is 27.6 Å². The fourth-order valence-corrected chi connectivity index (χ4v) is 5.25. The van der Waals surface area contributed by atoms with Crippen molar-refractivity contribution in [3.8, 4) is 17.1 Å². The molecular formula is C26H18N4O3S. The second-order valence-corrected chi connectivity index (χ2v) is 8.81. The van der Waals surface area contributed by atoms with Gasteiger partial charge in [0, 0.05) is 5.56 Å². The lowest BCUT2D eigenvalue weighted by Gasteiger charge is -2.17. The molecule has 0 atom stereocenters. The van der Waals surface area contributed by atoms with Gasteiger partial charge in [0.1, 0.15) is 10.3 Å². The Bertz CT molecular complexity index is 1670. The van der Waals surface area contributed by atoms with Gasteiger partial charge in [-0.1, -0.05) is 72.0 Å². The van der Waals surface area contributed by atoms with Gasteiger partial charge in [-0.25, -0.2) is 0 Å². The Balaban J connectivity index is 1.51. The van der Waals surface area contributed by atoms with Crippen molar-refractivity contribution in [2.75, 3.05) is 12.0 Å². The number of carbonyl (C=O) groups excluding carboxylic acids is 1. The summed E-state index contributed by atoms with van der Waals surface area (Å²) in [6.45, 7) is 0.424. The Morgan fingerprint density at radius 3 is 2.35 bits per heavy atom. The van der Waals surface area contributed by atoms with E-state index in [1.165, 1.54) is 15.9 Å². The lowest BCUT2D eigenvalue weighted by Crippen LogP contribution is -2.32. The van der Waals surface area contributed by atoms with Crippen molar-refractivity contribution in [2.45, 2.75) is 6.54 Å². The number of aromatic nitrogens is 3. The molecule has 0 radical (unpaired) electrons. The first-order chi connectivity index (χ1) is 16.7. The van der Waals surface area contributed by atoms with Crippen LogP contribution in [0.15, 0.2) is 83.7 Å². The highest BCUT2D eigenvalue weighted by molar-refractivity contribution is 7.15. The number of hydrogen-bond donors (Lipinski definition) is 0. The molecule has 0 saturated carbocycles. The number of anilines is 1. The summed E-state index contributed by atoms with van der Waals surface area (Å²) in [4.78, 5) is 33.7. The molecule has 2 aromatic heterocycles. The fraction of sp³-hybridized carbons (Fsp3) is 0.0769. The second-order valence-electron chi connectivity index (χ2n) is 7.84. The van der Waals surface area contributed by atoms with Crippen molar-refractivity contribution in [3.05, 3.63) is 105 Å². The van der Waals surface area contributed by atoms with Crippen LogP contribution < -0.4 is 19.7 Å². The normalized spacial score (nSPS) is 14.6. The number of benzene rings is 3. The minimum atomic E-state index is -0.353. The summed E-state index contributed by atoms with van der Waals surface area (Å²) >= 11 is 1.18. The van der Waals surface area contributed by atoms with E-state index in [9.17, 15) is 9.59 Å². The quantitative estimate of drug-likeness (QED) is 0.406. The number of amides is 1. The lowest BCUT2D eigenvalue weighted by atomic mass is 10.1. The molecule has 166 valence electrons. The molecule has 6 rings (SSSR count). The molecule has 0 N–H and O–H groups in total. The van der Waals surface area contributed by atoms with E-state index in [2.05, 4.69) is 10.1 Å². The van der Waals surface area contributed by atoms with Crippen molar-refractivity contribution in [2.24, 2.45) is 0 Å². The molecule has 1 aliphatic heterocycles. The van der Waals surface area contributed by atoms with Gasteiger partial charge in [0.2, 0.25) is 4.96 Å². The van der Waals surface area contributed by atoms with Gasteiger partial charge in [0.25, 0.3) is 11.5 Å². The Morgan fingerprint density at radius 1 is 0.882 bits per heavy atom. The van der Waals surface area contributed by atoms with E-state index in [1.54, 1.807) is 12.0 Å². The van der Waals surface area contributed by atoms with E-state index >= 15 is 0 Å². The van der Waals surface area contributed by atoms with Gasteiger partial charge in [-0.3, -0.25) is 9.59 Å². The van der Waals surface area contributed by atoms with Crippen LogP contribution in [0.3, 0.4) is 0 Å². The zero-order valence-electron chi connectivity index (χ0n) is 18.1. The van der Waals surface area contributed by atoms with Crippen LogP contribution in [0, 0.1) is 0 Å². The third kappa shape index (κ3) is 3.11. The molecule has 7 nitrogen and oxygen atoms in total. The maximum absolute atomic E-state index is 13.6. The number of nitrogens with zero attached hydrogens (tertiary/aromatic N) is 4. The van der Waals surface area contributed by atoms with Crippen LogP contribution in [0.4, 0.5) is 5.69 Å². The molecule has 3 heterocycles. The first-order valence-electron chi connectivity index (χ1n) is 10.7. The Labute approximate surface area is 198 Å². The largest absolute Gasteiger partial charge is 0.496 e. The third-order valence-electron chi connectivity index (χ3n) is 5.84. The number of rotatable bonds is 4. The Kier molecular flexibility index (Phi) is 4.74. The molecule has 0 unspecified atom stereocenters. The number of methoxy groups -OCH3 is 1. The first kappa shape index (κ1) is 20.3. The van der Waals surface area contributed by atoms with Crippen molar-refractivity contribution < 1.29 is 9.53 Å². The smallest absolute Gasteiger partial charge is 0.291 e. The molecule has 0 saturated heterocycles. The summed E-state index contributed by atoms with van der Waals surface area (Å²) in [5.41, 5.74) is 3.29. The summed E-state index contributed by atoms with van der Waals surface area (Å²) < 4.78 is 7.01. The van der Waals surface area contributed by atoms with Crippen LogP contribution in [0.2, 0.25) is 0 Å². The topological polar surface area (TPSA) is 76.8 Å². The monoisotopic (exact) mass is 466 g/mol. The van der Waals surface area contributed by atoms with Crippen LogP contribution in [0.5, 0.6) is 5.75 Å². The van der Waals surface area contributed by atoms with E-state index in [-0.39, 0.29) is 11.5 Å². The number of ether oxygens (including phenoxy) is 1. The molecule has 1 amide bonds. The van der Waals surface area contributed by atoms with E-state index in [1.807, 2.05) is 78.9 Å². The maximum Gasteiger partial charge on any atom is 0.291 e. The second kappa shape index (κ2) is 7.93. The Hall–Kier alpha value is -4.30. The van der Waals surface area contributed by atoms with Gasteiger partial charge < -0.3 is 9.64 Å². The molecule has 8 heteroatoms. The summed E-state index contributed by atoms with van der Waals surface area (Å²) in [5, 5.41) is 4.44. The van der Waals surface area contributed by atoms with Gasteiger partial charge in [0.15, 0.2) is 5.82 Å². The van der Waals surface area contributed by atoms with Crippen LogP contribution in [0.1, 0.15) is 11.1 Å². The summed E-state index contributed by atoms with van der Waals surface area (Å²) in [5.74, 6) is 0.831. The van der Waals surface area contributed by atoms with Crippen molar-refractivity contribution in [1.29, 1.82) is 0 Å². The van der Waals surface area contributed by atoms with E-state index in [4.69, 9.17) is 4.74 Å². The lowest BCUT2D eigenvalue weighted by molar-refractivity contribution is -0.113. The zero-order valence-corrected chi connectivity index (χ0v) is 19.0. The predicted molar refractivity (Wildman–Crippen MR) is 131 cm³/mol. The van der Waals surface area contributed by atoms with Crippen molar-refractivity contribution in [1.82, 2.24) is 14.6 Å². The van der Waals surface area contributed by atoms with Crippen molar-refractivity contribution >= 4 is 33.5 Å². The van der Waals surface area contributed by atoms with Gasteiger partial charge in [-0.05, 0) is 23.8 Å². The SMILES string of the molecule is COc1ccccc1-c1nc2sc(=C3C(=O)N(Cc4ccccc4)c4ccccc43)c(=O)n2n1. The highest BCUT2D eigenvalue weighted by Crippen LogP contribution is 2.36. The average Bonchev–Trinajstić information content (AvgIpc) is 3.51. The molecule has 0 aliphatic carbocycles. The summed E-state index contributed by atoms with van der Waals surface area (Å²) in [6, 6.07) is 24.7. The van der Waals surface area contributed by atoms with E-state index < -0.39 is 0 Å². The number of hydrogen-bond acceptors (Lipinski definition) is 6. The van der Waals surface area contributed by atoms with Gasteiger partial charge in [-0.2, -0.15) is 9.50 Å². The van der Waals surface area contributed by atoms with E-state index in [0.717, 1.165) is 16.8 Å². The molecule has 0 bridgehead atoms. The minimum Gasteiger partial charge on any atom is -0.496 e. The first-order valence-corrected chi connectivity index (χ1v) is 11.5. The highest BCUT2D eigenvalue weighted by atomic mass is 32.1. The van der Waals surface area contributed by atoms with Gasteiger partial charge >= 0.3 is 0 Å². The number of fused-ring (bicyclic) bond motifs is 2. The van der Waals surface area contributed by atoms with Gasteiger partial charge in [-0.15, -0.1) is 5.10 Å². The molecule has 34 heavy (non-hydrogen) atoms. The standard InChI is InChI=1S/C26H18N4O3S/c1-33-20-14-8-6-12-18(20)23-27-26-30(28-23)25(32)22(34-26)21-17-11-5-7-13-19(17)29(24(21)31)15-16-9-3-2-4-10-16/h2-14H,15H2,1H3. The third-order valence-corrected chi connectivity index (χ3v) is 6.87. The number of para-hydroxylation sites is 2. The molecular weight excluding hydrogens is 448 g/mol. The molecule has 0 fully saturated rings. The van der Waals surface area contributed by atoms with Crippen LogP contribution >= 0.6 is 11.3 Å². The highest BCUT2D eigenvalue weighted by Gasteiger charge is 2.34. The average molecular weight is 467 g/mol. The fourth-order valence-electron chi connectivity index (χ4n) is 4.25. The van der Waals surface area contributed by atoms with Crippen LogP contribution in [0.25, 0.3) is 21.9 Å². The zero-order chi connectivity index (χ0) is 23.2. The molecule has 5 aromatic rings. The summed E-state index contributed by atoms with van der Waals surface area (Å²) in [7, 11) is 1.58. The maximum atomic E-state index is 13.6. The van der Waals surface area contributed by atoms with Crippen LogP contribution in [-0.2, 0) is 11.3 Å². The molecule has 0 spiro atoms. The van der Waals surface area contributed by atoms with E-state index in [0.29, 0.717) is 38.7 Å². The predicted octanol–water partition coefficient (Wildman–Crippen LogP) is 3.29. The minimum absolute atomic E-state index is 0.198.